The number of hydrogen-bond donors (Lipinski definition) is 3. The van der Waals surface area contributed by atoms with Crippen molar-refractivity contribution in [3.63, 3.8) is 0 Å². The first kappa shape index (κ1) is 24.1. The molecule has 3 aromatic heterocycles. The highest BCUT2D eigenvalue weighted by Gasteiger charge is 2.14. The van der Waals surface area contributed by atoms with Gasteiger partial charge >= 0.3 is 5.69 Å². The van der Waals surface area contributed by atoms with Crippen molar-refractivity contribution in [3.05, 3.63) is 68.5 Å². The standard InChI is InChI=1S/C24H28FN7O3/c1-31(20(33)12-11-19-26-21-22(27-19)32(2)24(35)28-23(21)34)13-5-3-4-6-17-14-18(30-29-17)15-7-9-16(25)10-8-15/h7-10,14H,3-6,11-13H2,1-2H3,(H,26,27)(H,29,30)(H,28,34,35). The summed E-state index contributed by atoms with van der Waals surface area (Å²) in [5, 5.41) is 7.33. The van der Waals surface area contributed by atoms with E-state index in [-0.39, 0.29) is 29.3 Å². The van der Waals surface area contributed by atoms with Crippen LogP contribution in [-0.2, 0) is 24.7 Å². The summed E-state index contributed by atoms with van der Waals surface area (Å²) in [5.41, 5.74) is 2.14. The number of carbonyl (C=O) groups excluding carboxylic acids is 1. The van der Waals surface area contributed by atoms with E-state index in [9.17, 15) is 18.8 Å². The lowest BCUT2D eigenvalue weighted by Gasteiger charge is -2.16. The molecule has 0 saturated heterocycles. The second-order valence-electron chi connectivity index (χ2n) is 8.61. The molecule has 184 valence electrons. The molecule has 11 heteroatoms. The predicted octanol–water partition coefficient (Wildman–Crippen LogP) is 2.28. The fraction of sp³-hybridized carbons (Fsp3) is 0.375. The number of aromatic nitrogens is 6. The van der Waals surface area contributed by atoms with Crippen molar-refractivity contribution in [3.8, 4) is 11.3 Å². The monoisotopic (exact) mass is 481 g/mol. The Morgan fingerprint density at radius 2 is 1.86 bits per heavy atom. The van der Waals surface area contributed by atoms with Crippen LogP contribution < -0.4 is 11.2 Å². The van der Waals surface area contributed by atoms with Gasteiger partial charge in [0, 0.05) is 44.7 Å². The van der Waals surface area contributed by atoms with Crippen molar-refractivity contribution < 1.29 is 9.18 Å². The van der Waals surface area contributed by atoms with Gasteiger partial charge in [-0.05, 0) is 49.6 Å². The quantitative estimate of drug-likeness (QED) is 0.299. The molecule has 0 radical (unpaired) electrons. The molecule has 0 aliphatic rings. The van der Waals surface area contributed by atoms with Gasteiger partial charge in [0.05, 0.1) is 5.69 Å². The zero-order valence-corrected chi connectivity index (χ0v) is 19.7. The number of carbonyl (C=O) groups is 1. The molecule has 0 aliphatic heterocycles. The van der Waals surface area contributed by atoms with Crippen molar-refractivity contribution in [2.45, 2.75) is 38.5 Å². The summed E-state index contributed by atoms with van der Waals surface area (Å²) in [7, 11) is 3.31. The molecule has 10 nitrogen and oxygen atoms in total. The predicted molar refractivity (Wildman–Crippen MR) is 129 cm³/mol. The lowest BCUT2D eigenvalue weighted by molar-refractivity contribution is -0.129. The number of unbranched alkanes of at least 4 members (excludes halogenated alkanes) is 2. The number of aryl methyl sites for hydroxylation is 3. The number of H-pyrrole nitrogens is 3. The fourth-order valence-corrected chi connectivity index (χ4v) is 3.91. The van der Waals surface area contributed by atoms with Crippen LogP contribution in [0.2, 0.25) is 0 Å². The highest BCUT2D eigenvalue weighted by Crippen LogP contribution is 2.19. The van der Waals surface area contributed by atoms with Crippen LogP contribution in [0, 0.1) is 5.82 Å². The lowest BCUT2D eigenvalue weighted by Crippen LogP contribution is -2.28. The molecule has 3 N–H and O–H groups in total. The van der Waals surface area contributed by atoms with Gasteiger partial charge in [-0.1, -0.05) is 6.42 Å². The van der Waals surface area contributed by atoms with Gasteiger partial charge in [-0.3, -0.25) is 24.2 Å². The van der Waals surface area contributed by atoms with Gasteiger partial charge in [-0.25, -0.2) is 14.2 Å². The lowest BCUT2D eigenvalue weighted by atomic mass is 10.1. The van der Waals surface area contributed by atoms with E-state index in [1.807, 2.05) is 6.07 Å². The van der Waals surface area contributed by atoms with E-state index in [0.29, 0.717) is 18.8 Å². The number of benzene rings is 1. The number of rotatable bonds is 10. The third-order valence-corrected chi connectivity index (χ3v) is 6.02. The molecule has 0 spiro atoms. The Labute approximate surface area is 200 Å². The van der Waals surface area contributed by atoms with Gasteiger partial charge in [0.25, 0.3) is 5.56 Å². The van der Waals surface area contributed by atoms with Crippen LogP contribution in [0.15, 0.2) is 39.9 Å². The number of halogens is 1. The smallest absolute Gasteiger partial charge is 0.329 e. The second kappa shape index (κ2) is 10.5. The van der Waals surface area contributed by atoms with Gasteiger partial charge in [0.15, 0.2) is 5.65 Å². The number of amides is 1. The first-order valence-corrected chi connectivity index (χ1v) is 11.5. The minimum atomic E-state index is -0.530. The van der Waals surface area contributed by atoms with Crippen LogP contribution in [0.1, 0.15) is 37.2 Å². The molecule has 4 aromatic rings. The van der Waals surface area contributed by atoms with Gasteiger partial charge in [0.2, 0.25) is 5.91 Å². The van der Waals surface area contributed by atoms with Crippen LogP contribution >= 0.6 is 0 Å². The minimum Gasteiger partial charge on any atom is -0.346 e. The van der Waals surface area contributed by atoms with E-state index >= 15 is 0 Å². The molecule has 1 amide bonds. The van der Waals surface area contributed by atoms with Crippen molar-refractivity contribution >= 4 is 17.1 Å². The summed E-state index contributed by atoms with van der Waals surface area (Å²) in [6.45, 7) is 0.650. The molecular weight excluding hydrogens is 453 g/mol. The normalized spacial score (nSPS) is 11.3. The molecule has 0 atom stereocenters. The number of hydrogen-bond acceptors (Lipinski definition) is 5. The van der Waals surface area contributed by atoms with Crippen LogP contribution in [-0.4, -0.2) is 54.1 Å². The summed E-state index contributed by atoms with van der Waals surface area (Å²) in [4.78, 5) is 47.2. The van der Waals surface area contributed by atoms with Gasteiger partial charge in [0.1, 0.15) is 17.2 Å². The number of nitrogens with zero attached hydrogens (tertiary/aromatic N) is 4. The molecule has 0 saturated carbocycles. The van der Waals surface area contributed by atoms with Crippen molar-refractivity contribution in [1.82, 2.24) is 34.6 Å². The molecule has 1 aromatic carbocycles. The SMILES string of the molecule is CN(CCCCCc1cc(-c2ccc(F)cc2)n[nH]1)C(=O)CCc1nc2c([nH]1)c(=O)[nH]c(=O)n2C. The van der Waals surface area contributed by atoms with Crippen LogP contribution in [0.3, 0.4) is 0 Å². The summed E-state index contributed by atoms with van der Waals surface area (Å²) < 4.78 is 14.3. The van der Waals surface area contributed by atoms with E-state index in [4.69, 9.17) is 0 Å². The Bertz CT molecular complexity index is 1430. The van der Waals surface area contributed by atoms with Crippen molar-refractivity contribution in [2.75, 3.05) is 13.6 Å². The summed E-state index contributed by atoms with van der Waals surface area (Å²) in [6.07, 6.45) is 4.25. The second-order valence-corrected chi connectivity index (χ2v) is 8.61. The number of fused-ring (bicyclic) bond motifs is 1. The third kappa shape index (κ3) is 5.73. The summed E-state index contributed by atoms with van der Waals surface area (Å²) >= 11 is 0. The number of nitrogens with one attached hydrogen (secondary N) is 3. The fourth-order valence-electron chi connectivity index (χ4n) is 3.91. The third-order valence-electron chi connectivity index (χ3n) is 6.02. The van der Waals surface area contributed by atoms with E-state index in [1.165, 1.54) is 23.7 Å². The first-order chi connectivity index (χ1) is 16.8. The molecule has 35 heavy (non-hydrogen) atoms. The van der Waals surface area contributed by atoms with Gasteiger partial charge < -0.3 is 9.88 Å². The van der Waals surface area contributed by atoms with E-state index < -0.39 is 11.2 Å². The molecule has 3 heterocycles. The number of aromatic amines is 3. The van der Waals surface area contributed by atoms with Crippen LogP contribution in [0.25, 0.3) is 22.4 Å². The average molecular weight is 482 g/mol. The van der Waals surface area contributed by atoms with Gasteiger partial charge in [-0.2, -0.15) is 5.10 Å². The zero-order chi connectivity index (χ0) is 24.9. The Balaban J connectivity index is 1.18. The average Bonchev–Trinajstić information content (AvgIpc) is 3.49. The van der Waals surface area contributed by atoms with E-state index in [0.717, 1.165) is 42.6 Å². The first-order valence-electron chi connectivity index (χ1n) is 11.5. The maximum atomic E-state index is 13.1. The molecule has 0 aliphatic carbocycles. The molecule has 0 bridgehead atoms. The van der Waals surface area contributed by atoms with E-state index in [2.05, 4.69) is 25.1 Å². The maximum absolute atomic E-state index is 13.1. The van der Waals surface area contributed by atoms with Crippen molar-refractivity contribution in [2.24, 2.45) is 7.05 Å². The Morgan fingerprint density at radius 1 is 1.09 bits per heavy atom. The van der Waals surface area contributed by atoms with Crippen LogP contribution in [0.4, 0.5) is 4.39 Å². The highest BCUT2D eigenvalue weighted by atomic mass is 19.1. The Hall–Kier alpha value is -4.02. The molecule has 0 unspecified atom stereocenters. The van der Waals surface area contributed by atoms with Crippen LogP contribution in [0.5, 0.6) is 0 Å². The summed E-state index contributed by atoms with van der Waals surface area (Å²) in [6, 6.07) is 8.23. The van der Waals surface area contributed by atoms with Gasteiger partial charge in [-0.15, -0.1) is 0 Å². The maximum Gasteiger partial charge on any atom is 0.329 e. The Morgan fingerprint density at radius 3 is 2.63 bits per heavy atom. The molecule has 4 rings (SSSR count). The largest absolute Gasteiger partial charge is 0.346 e. The molecule has 0 fully saturated rings. The topological polar surface area (TPSA) is 133 Å². The summed E-state index contributed by atoms with van der Waals surface area (Å²) in [5.74, 6) is 0.214. The zero-order valence-electron chi connectivity index (χ0n) is 19.7. The molecular formula is C24H28FN7O3. The highest BCUT2D eigenvalue weighted by molar-refractivity contribution is 5.76. The minimum absolute atomic E-state index is 0.00855. The number of imidazole rings is 1. The van der Waals surface area contributed by atoms with Crippen molar-refractivity contribution in [1.29, 1.82) is 0 Å². The Kier molecular flexibility index (Phi) is 7.23. The van der Waals surface area contributed by atoms with E-state index in [1.54, 1.807) is 24.1 Å².